The van der Waals surface area contributed by atoms with E-state index in [9.17, 15) is 4.79 Å². The molecule has 4 rings (SSSR count). The lowest BCUT2D eigenvalue weighted by atomic mass is 9.65. The van der Waals surface area contributed by atoms with Gasteiger partial charge >= 0.3 is 0 Å². The number of ether oxygens (including phenoxy) is 1. The number of carbonyl (C=O) groups excluding carboxylic acids is 1. The highest BCUT2D eigenvalue weighted by Gasteiger charge is 2.45. The summed E-state index contributed by atoms with van der Waals surface area (Å²) in [6.07, 6.45) is 6.90. The molecule has 0 radical (unpaired) electrons. The van der Waals surface area contributed by atoms with Gasteiger partial charge in [-0.1, -0.05) is 12.1 Å². The van der Waals surface area contributed by atoms with Crippen LogP contribution in [0.25, 0.3) is 5.57 Å². The van der Waals surface area contributed by atoms with Crippen molar-refractivity contribution < 1.29 is 9.53 Å². The fourth-order valence-corrected chi connectivity index (χ4v) is 4.26. The molecular formula is C19H20O2. The number of aryl methyl sites for hydroxylation is 1. The molecule has 0 spiro atoms. The van der Waals surface area contributed by atoms with Crippen molar-refractivity contribution in [2.45, 2.75) is 39.0 Å². The molecule has 108 valence electrons. The molecule has 0 aliphatic heterocycles. The zero-order valence-corrected chi connectivity index (χ0v) is 12.7. The van der Waals surface area contributed by atoms with Crippen molar-refractivity contribution >= 4 is 11.4 Å². The standard InChI is InChI=1S/C19H20O2/c1-19-10-9-15-14-6-4-13(21-2)11-12(14)3-5-16(15)17(19)7-8-18(19)20/h4,6-7,11H,3,5,8-10H2,1-2H3. The van der Waals surface area contributed by atoms with Gasteiger partial charge in [0.25, 0.3) is 0 Å². The molecule has 0 heterocycles. The van der Waals surface area contributed by atoms with Crippen molar-refractivity contribution in [3.05, 3.63) is 46.5 Å². The molecule has 1 aromatic carbocycles. The topological polar surface area (TPSA) is 26.3 Å². The van der Waals surface area contributed by atoms with Gasteiger partial charge in [0, 0.05) is 6.42 Å². The number of Topliss-reactive ketones (excluding diaryl/α,β-unsaturated/α-hetero) is 1. The Morgan fingerprint density at radius 2 is 2.00 bits per heavy atom. The van der Waals surface area contributed by atoms with E-state index in [4.69, 9.17) is 4.74 Å². The second-order valence-corrected chi connectivity index (χ2v) is 6.56. The van der Waals surface area contributed by atoms with E-state index in [0.29, 0.717) is 12.2 Å². The summed E-state index contributed by atoms with van der Waals surface area (Å²) in [7, 11) is 1.72. The van der Waals surface area contributed by atoms with E-state index in [1.807, 2.05) is 0 Å². The van der Waals surface area contributed by atoms with Crippen molar-refractivity contribution in [3.8, 4) is 5.75 Å². The van der Waals surface area contributed by atoms with E-state index in [1.54, 1.807) is 7.11 Å². The van der Waals surface area contributed by atoms with Gasteiger partial charge in [-0.05, 0) is 72.6 Å². The van der Waals surface area contributed by atoms with E-state index in [0.717, 1.165) is 31.4 Å². The first-order valence-electron chi connectivity index (χ1n) is 7.77. The minimum atomic E-state index is -0.206. The fraction of sp³-hybridized carbons (Fsp3) is 0.421. The van der Waals surface area contributed by atoms with Crippen LogP contribution in [0.4, 0.5) is 0 Å². The zero-order chi connectivity index (χ0) is 14.6. The summed E-state index contributed by atoms with van der Waals surface area (Å²) in [5.74, 6) is 1.35. The van der Waals surface area contributed by atoms with Gasteiger partial charge < -0.3 is 4.74 Å². The van der Waals surface area contributed by atoms with Crippen molar-refractivity contribution in [3.63, 3.8) is 0 Å². The van der Waals surface area contributed by atoms with Crippen LogP contribution in [-0.4, -0.2) is 12.9 Å². The lowest BCUT2D eigenvalue weighted by Crippen LogP contribution is -2.30. The Kier molecular flexibility index (Phi) is 2.66. The number of rotatable bonds is 1. The third-order valence-electron chi connectivity index (χ3n) is 5.55. The fourth-order valence-electron chi connectivity index (χ4n) is 4.26. The maximum atomic E-state index is 12.2. The Bertz CT molecular complexity index is 708. The summed E-state index contributed by atoms with van der Waals surface area (Å²) in [5, 5.41) is 0. The number of hydrogen-bond donors (Lipinski definition) is 0. The molecular weight excluding hydrogens is 260 g/mol. The Hall–Kier alpha value is -1.83. The van der Waals surface area contributed by atoms with Crippen LogP contribution in [0.1, 0.15) is 43.7 Å². The maximum absolute atomic E-state index is 12.2. The van der Waals surface area contributed by atoms with Gasteiger partial charge in [0.1, 0.15) is 11.5 Å². The zero-order valence-electron chi connectivity index (χ0n) is 12.7. The molecule has 0 N–H and O–H groups in total. The first-order valence-corrected chi connectivity index (χ1v) is 7.77. The summed E-state index contributed by atoms with van der Waals surface area (Å²) in [6, 6.07) is 6.42. The van der Waals surface area contributed by atoms with Crippen molar-refractivity contribution in [1.82, 2.24) is 0 Å². The first-order chi connectivity index (χ1) is 10.1. The van der Waals surface area contributed by atoms with E-state index >= 15 is 0 Å². The first kappa shape index (κ1) is 12.9. The van der Waals surface area contributed by atoms with Crippen LogP contribution in [0.2, 0.25) is 0 Å². The van der Waals surface area contributed by atoms with Crippen LogP contribution in [0.5, 0.6) is 5.75 Å². The third-order valence-corrected chi connectivity index (χ3v) is 5.55. The third kappa shape index (κ3) is 1.68. The highest BCUT2D eigenvalue weighted by Crippen LogP contribution is 2.53. The summed E-state index contributed by atoms with van der Waals surface area (Å²) in [4.78, 5) is 12.2. The normalized spacial score (nSPS) is 27.0. The summed E-state index contributed by atoms with van der Waals surface area (Å²) in [5.41, 5.74) is 6.81. The Morgan fingerprint density at radius 3 is 2.81 bits per heavy atom. The van der Waals surface area contributed by atoms with Crippen molar-refractivity contribution in [2.75, 3.05) is 7.11 Å². The smallest absolute Gasteiger partial charge is 0.146 e. The van der Waals surface area contributed by atoms with E-state index in [2.05, 4.69) is 31.2 Å². The highest BCUT2D eigenvalue weighted by molar-refractivity contribution is 5.96. The minimum Gasteiger partial charge on any atom is -0.497 e. The molecule has 0 fully saturated rings. The van der Waals surface area contributed by atoms with Gasteiger partial charge in [-0.25, -0.2) is 0 Å². The number of allylic oxidation sites excluding steroid dienone is 4. The van der Waals surface area contributed by atoms with Crippen LogP contribution in [0.3, 0.4) is 0 Å². The SMILES string of the molecule is COc1ccc2c(c1)CCC1=C2CCC2(C)C(=O)CC=C12. The van der Waals surface area contributed by atoms with Crippen LogP contribution in [-0.2, 0) is 11.2 Å². The van der Waals surface area contributed by atoms with Gasteiger partial charge in [0.05, 0.1) is 12.5 Å². The van der Waals surface area contributed by atoms with E-state index in [-0.39, 0.29) is 5.41 Å². The Balaban J connectivity index is 1.85. The van der Waals surface area contributed by atoms with Crippen LogP contribution < -0.4 is 4.74 Å². The molecule has 0 saturated heterocycles. The van der Waals surface area contributed by atoms with Crippen LogP contribution in [0, 0.1) is 5.41 Å². The summed E-state index contributed by atoms with van der Waals surface area (Å²) < 4.78 is 5.34. The molecule has 0 aromatic heterocycles. The lowest BCUT2D eigenvalue weighted by molar-refractivity contribution is -0.124. The van der Waals surface area contributed by atoms with Gasteiger partial charge in [-0.2, -0.15) is 0 Å². The number of fused-ring (bicyclic) bond motifs is 4. The molecule has 21 heavy (non-hydrogen) atoms. The molecule has 1 aromatic rings. The largest absolute Gasteiger partial charge is 0.497 e. The maximum Gasteiger partial charge on any atom is 0.146 e. The van der Waals surface area contributed by atoms with Gasteiger partial charge in [0.2, 0.25) is 0 Å². The van der Waals surface area contributed by atoms with Gasteiger partial charge in [-0.15, -0.1) is 0 Å². The van der Waals surface area contributed by atoms with Gasteiger partial charge in [-0.3, -0.25) is 4.79 Å². The minimum absolute atomic E-state index is 0.206. The van der Waals surface area contributed by atoms with Crippen LogP contribution in [0.15, 0.2) is 35.4 Å². The van der Waals surface area contributed by atoms with E-state index in [1.165, 1.54) is 27.8 Å². The summed E-state index contributed by atoms with van der Waals surface area (Å²) >= 11 is 0. The van der Waals surface area contributed by atoms with Crippen LogP contribution >= 0.6 is 0 Å². The molecule has 3 aliphatic carbocycles. The highest BCUT2D eigenvalue weighted by atomic mass is 16.5. The van der Waals surface area contributed by atoms with Crippen molar-refractivity contribution in [1.29, 1.82) is 0 Å². The summed E-state index contributed by atoms with van der Waals surface area (Å²) in [6.45, 7) is 2.14. The number of carbonyl (C=O) groups is 1. The average molecular weight is 280 g/mol. The predicted molar refractivity (Wildman–Crippen MR) is 83.3 cm³/mol. The average Bonchev–Trinajstić information content (AvgIpc) is 2.82. The second kappa shape index (κ2) is 4.33. The molecule has 0 bridgehead atoms. The monoisotopic (exact) mass is 280 g/mol. The number of ketones is 1. The molecule has 2 nitrogen and oxygen atoms in total. The number of benzene rings is 1. The van der Waals surface area contributed by atoms with Gasteiger partial charge in [0.15, 0.2) is 0 Å². The molecule has 1 unspecified atom stereocenters. The second-order valence-electron chi connectivity index (χ2n) is 6.56. The molecule has 3 aliphatic rings. The number of methoxy groups -OCH3 is 1. The molecule has 0 amide bonds. The predicted octanol–water partition coefficient (Wildman–Crippen LogP) is 4.09. The molecule has 2 heteroatoms. The van der Waals surface area contributed by atoms with Crippen molar-refractivity contribution in [2.24, 2.45) is 5.41 Å². The molecule has 0 saturated carbocycles. The Labute approximate surface area is 125 Å². The lowest BCUT2D eigenvalue weighted by Gasteiger charge is -2.37. The molecule has 1 atom stereocenters. The number of hydrogen-bond acceptors (Lipinski definition) is 2. The quantitative estimate of drug-likeness (QED) is 0.774. The Morgan fingerprint density at radius 1 is 1.14 bits per heavy atom. The van der Waals surface area contributed by atoms with E-state index < -0.39 is 0 Å².